The summed E-state index contributed by atoms with van der Waals surface area (Å²) in [6, 6.07) is 5.42. The molecule has 0 atom stereocenters. The Hall–Kier alpha value is -2.84. The number of fused-ring (bicyclic) bond motifs is 1. The molecule has 0 spiro atoms. The van der Waals surface area contributed by atoms with Crippen molar-refractivity contribution in [1.29, 1.82) is 0 Å². The molecule has 0 saturated heterocycles. The summed E-state index contributed by atoms with van der Waals surface area (Å²) in [7, 11) is 1.61. The lowest BCUT2D eigenvalue weighted by Gasteiger charge is -2.18. The number of pyridine rings is 1. The van der Waals surface area contributed by atoms with Crippen molar-refractivity contribution in [3.63, 3.8) is 0 Å². The van der Waals surface area contributed by atoms with Gasteiger partial charge in [0, 0.05) is 53.2 Å². The molecule has 3 aromatic heterocycles. The molecule has 0 aromatic carbocycles. The second-order valence-corrected chi connectivity index (χ2v) is 9.53. The molecule has 0 bridgehead atoms. The molecule has 0 aliphatic carbocycles. The molecule has 3 heterocycles. The van der Waals surface area contributed by atoms with E-state index in [1.54, 1.807) is 28.5 Å². The molecular formula is C23H29N5O2S. The van der Waals surface area contributed by atoms with Crippen LogP contribution in [0.5, 0.6) is 0 Å². The van der Waals surface area contributed by atoms with Gasteiger partial charge in [0.1, 0.15) is 0 Å². The van der Waals surface area contributed by atoms with Gasteiger partial charge in [0.15, 0.2) is 5.65 Å². The van der Waals surface area contributed by atoms with E-state index in [-0.39, 0.29) is 11.0 Å². The van der Waals surface area contributed by atoms with Crippen LogP contribution < -0.4 is 11.3 Å². The average Bonchev–Trinajstić information content (AvgIpc) is 3.12. The summed E-state index contributed by atoms with van der Waals surface area (Å²) in [5.41, 5.74) is 9.58. The smallest absolute Gasteiger partial charge is 0.251 e. The van der Waals surface area contributed by atoms with Gasteiger partial charge in [0.25, 0.3) is 5.56 Å². The molecule has 2 N–H and O–H groups in total. The molecule has 0 amide bonds. The lowest BCUT2D eigenvalue weighted by atomic mass is 9.92. The summed E-state index contributed by atoms with van der Waals surface area (Å²) in [5.74, 6) is 0. The van der Waals surface area contributed by atoms with Crippen molar-refractivity contribution in [2.24, 2.45) is 11.1 Å². The number of aromatic nitrogens is 4. The molecule has 8 heteroatoms. The molecule has 0 aliphatic rings. The van der Waals surface area contributed by atoms with Crippen LogP contribution in [0.2, 0.25) is 0 Å². The predicted molar refractivity (Wildman–Crippen MR) is 127 cm³/mol. The Balaban J connectivity index is 1.98. The highest BCUT2D eigenvalue weighted by atomic mass is 32.2. The van der Waals surface area contributed by atoms with E-state index in [9.17, 15) is 4.79 Å². The van der Waals surface area contributed by atoms with E-state index in [0.29, 0.717) is 23.6 Å². The quantitative estimate of drug-likeness (QED) is 0.431. The van der Waals surface area contributed by atoms with E-state index in [1.807, 2.05) is 43.6 Å². The Bertz CT molecular complexity index is 1180. The van der Waals surface area contributed by atoms with Crippen molar-refractivity contribution in [2.75, 3.05) is 7.11 Å². The normalized spacial score (nSPS) is 13.2. The van der Waals surface area contributed by atoms with Gasteiger partial charge in [0.2, 0.25) is 0 Å². The van der Waals surface area contributed by atoms with Gasteiger partial charge in [0.05, 0.1) is 24.6 Å². The van der Waals surface area contributed by atoms with Gasteiger partial charge in [-0.3, -0.25) is 4.79 Å². The van der Waals surface area contributed by atoms with Crippen LogP contribution in [0.4, 0.5) is 0 Å². The lowest BCUT2D eigenvalue weighted by molar-refractivity contribution is 0.348. The Morgan fingerprint density at radius 1 is 1.26 bits per heavy atom. The topological polar surface area (TPSA) is 87.4 Å². The number of nitrogens with zero attached hydrogens (tertiary/aromatic N) is 4. The van der Waals surface area contributed by atoms with Crippen LogP contribution in [0.25, 0.3) is 21.8 Å². The summed E-state index contributed by atoms with van der Waals surface area (Å²) in [6.07, 6.45) is 10.0. The number of nitrogens with two attached hydrogens (primary N) is 1. The average molecular weight is 440 g/mol. The first-order valence-electron chi connectivity index (χ1n) is 10.1. The van der Waals surface area contributed by atoms with Crippen LogP contribution in [-0.2, 0) is 10.7 Å². The fourth-order valence-electron chi connectivity index (χ4n) is 2.97. The summed E-state index contributed by atoms with van der Waals surface area (Å²) in [5, 5.41) is 4.39. The molecule has 0 radical (unpaired) electrons. The van der Waals surface area contributed by atoms with Gasteiger partial charge < -0.3 is 14.5 Å². The maximum atomic E-state index is 12.6. The van der Waals surface area contributed by atoms with Crippen LogP contribution in [-0.4, -0.2) is 26.3 Å². The highest BCUT2D eigenvalue weighted by molar-refractivity contribution is 8.04. The standard InChI is InChI=1S/C23H29N5O2S/c1-16(24)6-7-20(31-30-5)18-15-25-28-12-9-19(26-22(18)28)17-8-11-27(21(29)14-17)13-10-23(2,3)4/h6-9,11-12,14-15H,10,13,24H2,1-5H3/b16-6-,20-7-. The molecule has 3 aromatic rings. The van der Waals surface area contributed by atoms with Crippen LogP contribution >= 0.6 is 12.0 Å². The summed E-state index contributed by atoms with van der Waals surface area (Å²) in [4.78, 5) is 18.2. The summed E-state index contributed by atoms with van der Waals surface area (Å²) >= 11 is 1.22. The monoisotopic (exact) mass is 439 g/mol. The minimum atomic E-state index is -0.0313. The number of allylic oxidation sites excluding steroid dienone is 3. The van der Waals surface area contributed by atoms with Crippen molar-refractivity contribution in [1.82, 2.24) is 19.2 Å². The maximum Gasteiger partial charge on any atom is 0.251 e. The molecule has 164 valence electrons. The predicted octanol–water partition coefficient (Wildman–Crippen LogP) is 4.49. The zero-order valence-electron chi connectivity index (χ0n) is 18.6. The van der Waals surface area contributed by atoms with E-state index < -0.39 is 0 Å². The minimum Gasteiger partial charge on any atom is -0.402 e. The van der Waals surface area contributed by atoms with E-state index >= 15 is 0 Å². The first-order valence-corrected chi connectivity index (χ1v) is 10.8. The Morgan fingerprint density at radius 2 is 2.03 bits per heavy atom. The van der Waals surface area contributed by atoms with E-state index in [1.165, 1.54) is 12.0 Å². The van der Waals surface area contributed by atoms with Gasteiger partial charge in [-0.25, -0.2) is 9.50 Å². The molecule has 0 aliphatic heterocycles. The first-order chi connectivity index (χ1) is 14.7. The van der Waals surface area contributed by atoms with Crippen molar-refractivity contribution >= 4 is 22.6 Å². The van der Waals surface area contributed by atoms with E-state index in [0.717, 1.165) is 22.5 Å². The number of hydrogen-bond acceptors (Lipinski definition) is 6. The SMILES string of the molecule is COS/C(=C\C=C(\C)N)c1cnn2ccc(-c3ccn(CCC(C)(C)C)c(=O)c3)nc12. The largest absolute Gasteiger partial charge is 0.402 e. The minimum absolute atomic E-state index is 0.0313. The second kappa shape index (κ2) is 9.53. The van der Waals surface area contributed by atoms with E-state index in [4.69, 9.17) is 14.9 Å². The molecular weight excluding hydrogens is 410 g/mol. The zero-order valence-corrected chi connectivity index (χ0v) is 19.4. The third-order valence-electron chi connectivity index (χ3n) is 4.70. The third-order valence-corrected chi connectivity index (χ3v) is 5.40. The molecule has 0 fully saturated rings. The fourth-order valence-corrected chi connectivity index (χ4v) is 3.51. The lowest BCUT2D eigenvalue weighted by Crippen LogP contribution is -2.21. The molecule has 3 rings (SSSR count). The third kappa shape index (κ3) is 5.86. The van der Waals surface area contributed by atoms with Gasteiger partial charge in [-0.15, -0.1) is 0 Å². The van der Waals surface area contributed by atoms with Gasteiger partial charge >= 0.3 is 0 Å². The van der Waals surface area contributed by atoms with Crippen LogP contribution in [0.15, 0.2) is 59.4 Å². The Morgan fingerprint density at radius 3 is 2.68 bits per heavy atom. The van der Waals surface area contributed by atoms with Crippen LogP contribution in [0, 0.1) is 5.41 Å². The molecule has 31 heavy (non-hydrogen) atoms. The first kappa shape index (κ1) is 22.8. The van der Waals surface area contributed by atoms with Gasteiger partial charge in [-0.1, -0.05) is 20.8 Å². The van der Waals surface area contributed by atoms with Crippen molar-refractivity contribution < 1.29 is 4.18 Å². The Labute approximate surface area is 186 Å². The van der Waals surface area contributed by atoms with Crippen molar-refractivity contribution in [3.05, 3.63) is 70.6 Å². The van der Waals surface area contributed by atoms with Crippen molar-refractivity contribution in [2.45, 2.75) is 40.7 Å². The fraction of sp³-hybridized carbons (Fsp3) is 0.348. The number of aryl methyl sites for hydroxylation is 1. The highest BCUT2D eigenvalue weighted by Gasteiger charge is 2.14. The maximum absolute atomic E-state index is 12.6. The Kier molecular flexibility index (Phi) is 7.02. The number of rotatable bonds is 7. The summed E-state index contributed by atoms with van der Waals surface area (Å²) in [6.45, 7) is 9.03. The zero-order chi connectivity index (χ0) is 22.6. The summed E-state index contributed by atoms with van der Waals surface area (Å²) < 4.78 is 8.71. The highest BCUT2D eigenvalue weighted by Crippen LogP contribution is 2.31. The number of hydrogen-bond donors (Lipinski definition) is 1. The molecule has 0 unspecified atom stereocenters. The molecule has 0 saturated carbocycles. The van der Waals surface area contributed by atoms with Gasteiger partial charge in [-0.2, -0.15) is 5.10 Å². The van der Waals surface area contributed by atoms with Crippen LogP contribution in [0.1, 0.15) is 39.7 Å². The van der Waals surface area contributed by atoms with Gasteiger partial charge in [-0.05, 0) is 43.0 Å². The van der Waals surface area contributed by atoms with Crippen molar-refractivity contribution in [3.8, 4) is 11.3 Å². The van der Waals surface area contributed by atoms with Crippen LogP contribution in [0.3, 0.4) is 0 Å². The second-order valence-electron chi connectivity index (χ2n) is 8.59. The molecule has 7 nitrogen and oxygen atoms in total. The van der Waals surface area contributed by atoms with E-state index in [2.05, 4.69) is 25.9 Å².